The first-order valence-corrected chi connectivity index (χ1v) is 5.56. The predicted octanol–water partition coefficient (Wildman–Crippen LogP) is 2.28. The maximum atomic E-state index is 10.8. The van der Waals surface area contributed by atoms with Crippen molar-refractivity contribution in [3.63, 3.8) is 0 Å². The van der Waals surface area contributed by atoms with Crippen molar-refractivity contribution in [2.45, 2.75) is 32.1 Å². The van der Waals surface area contributed by atoms with Crippen LogP contribution in [0, 0.1) is 0 Å². The summed E-state index contributed by atoms with van der Waals surface area (Å²) in [6, 6.07) is 7.41. The summed E-state index contributed by atoms with van der Waals surface area (Å²) < 4.78 is 0. The molecular weight excluding hydrogens is 220 g/mol. The molecule has 4 nitrogen and oxygen atoms in total. The summed E-state index contributed by atoms with van der Waals surface area (Å²) in [5.74, 6) is -2.40. The molecular formula is C13H16O4. The van der Waals surface area contributed by atoms with E-state index in [2.05, 4.69) is 0 Å². The van der Waals surface area contributed by atoms with Crippen LogP contribution in [0.5, 0.6) is 0 Å². The first-order valence-electron chi connectivity index (χ1n) is 5.56. The van der Waals surface area contributed by atoms with Gasteiger partial charge in [-0.15, -0.1) is 0 Å². The lowest BCUT2D eigenvalue weighted by atomic mass is 9.88. The van der Waals surface area contributed by atoms with Crippen molar-refractivity contribution in [2.75, 3.05) is 0 Å². The second-order valence-corrected chi connectivity index (χ2v) is 3.95. The topological polar surface area (TPSA) is 74.6 Å². The van der Waals surface area contributed by atoms with Gasteiger partial charge in [0.15, 0.2) is 0 Å². The van der Waals surface area contributed by atoms with Crippen molar-refractivity contribution in [3.8, 4) is 0 Å². The standard InChI is InChI=1S/C13H16O4/c1-2-9-5-3-4-6-11(9)10(7-12(14)15)8-13(16)17/h3-6,10H,2,7-8H2,1H3,(H,14,15)(H,16,17). The van der Waals surface area contributed by atoms with E-state index in [1.54, 1.807) is 0 Å². The number of aliphatic carboxylic acids is 2. The number of aryl methyl sites for hydroxylation is 1. The average molecular weight is 236 g/mol. The highest BCUT2D eigenvalue weighted by Gasteiger charge is 2.20. The quantitative estimate of drug-likeness (QED) is 0.794. The summed E-state index contributed by atoms with van der Waals surface area (Å²) in [5, 5.41) is 17.7. The smallest absolute Gasteiger partial charge is 0.303 e. The number of hydrogen-bond donors (Lipinski definition) is 2. The van der Waals surface area contributed by atoms with Gasteiger partial charge >= 0.3 is 11.9 Å². The Bertz CT molecular complexity index is 396. The summed E-state index contributed by atoms with van der Waals surface area (Å²) >= 11 is 0. The fraction of sp³-hybridized carbons (Fsp3) is 0.385. The predicted molar refractivity (Wildman–Crippen MR) is 63.1 cm³/mol. The zero-order valence-electron chi connectivity index (χ0n) is 9.72. The average Bonchev–Trinajstić information content (AvgIpc) is 2.27. The van der Waals surface area contributed by atoms with Crippen molar-refractivity contribution in [2.24, 2.45) is 0 Å². The van der Waals surface area contributed by atoms with Crippen LogP contribution in [0.4, 0.5) is 0 Å². The minimum Gasteiger partial charge on any atom is -0.481 e. The number of benzene rings is 1. The second kappa shape index (κ2) is 6.03. The molecule has 0 amide bonds. The maximum Gasteiger partial charge on any atom is 0.303 e. The van der Waals surface area contributed by atoms with Gasteiger partial charge in [-0.1, -0.05) is 31.2 Å². The SMILES string of the molecule is CCc1ccccc1C(CC(=O)O)CC(=O)O. The zero-order chi connectivity index (χ0) is 12.8. The van der Waals surface area contributed by atoms with Crippen molar-refractivity contribution in [3.05, 3.63) is 35.4 Å². The molecule has 0 aliphatic carbocycles. The van der Waals surface area contributed by atoms with Gasteiger partial charge in [0.2, 0.25) is 0 Å². The van der Waals surface area contributed by atoms with E-state index in [1.165, 1.54) is 0 Å². The lowest BCUT2D eigenvalue weighted by molar-refractivity contribution is -0.139. The van der Waals surface area contributed by atoms with Crippen LogP contribution in [0.3, 0.4) is 0 Å². The van der Waals surface area contributed by atoms with Gasteiger partial charge < -0.3 is 10.2 Å². The van der Waals surface area contributed by atoms with Gasteiger partial charge in [0.05, 0.1) is 12.8 Å². The van der Waals surface area contributed by atoms with E-state index in [-0.39, 0.29) is 12.8 Å². The number of carboxylic acids is 2. The molecule has 92 valence electrons. The fourth-order valence-electron chi connectivity index (χ4n) is 1.97. The van der Waals surface area contributed by atoms with Gasteiger partial charge in [-0.05, 0) is 17.5 Å². The highest BCUT2D eigenvalue weighted by Crippen LogP contribution is 2.27. The molecule has 1 aromatic rings. The molecule has 0 spiro atoms. The molecule has 17 heavy (non-hydrogen) atoms. The van der Waals surface area contributed by atoms with Crippen LogP contribution in [0.1, 0.15) is 36.8 Å². The van der Waals surface area contributed by atoms with Gasteiger partial charge in [-0.25, -0.2) is 0 Å². The zero-order valence-corrected chi connectivity index (χ0v) is 9.72. The Morgan fingerprint density at radius 2 is 1.65 bits per heavy atom. The Morgan fingerprint density at radius 1 is 1.12 bits per heavy atom. The minimum atomic E-state index is -0.970. The van der Waals surface area contributed by atoms with Crippen LogP contribution in [0.25, 0.3) is 0 Å². The second-order valence-electron chi connectivity index (χ2n) is 3.95. The summed E-state index contributed by atoms with van der Waals surface area (Å²) in [6.07, 6.45) is 0.471. The molecule has 0 saturated heterocycles. The molecule has 0 unspecified atom stereocenters. The van der Waals surface area contributed by atoms with E-state index in [1.807, 2.05) is 31.2 Å². The third kappa shape index (κ3) is 3.90. The van der Waals surface area contributed by atoms with E-state index in [0.717, 1.165) is 17.5 Å². The molecule has 0 aliphatic heterocycles. The molecule has 2 N–H and O–H groups in total. The van der Waals surface area contributed by atoms with E-state index in [4.69, 9.17) is 10.2 Å². The van der Waals surface area contributed by atoms with Crippen LogP contribution in [-0.4, -0.2) is 22.2 Å². The van der Waals surface area contributed by atoms with Gasteiger partial charge in [-0.3, -0.25) is 9.59 Å². The van der Waals surface area contributed by atoms with Gasteiger partial charge in [0, 0.05) is 5.92 Å². The first kappa shape index (κ1) is 13.2. The van der Waals surface area contributed by atoms with Gasteiger partial charge in [0.25, 0.3) is 0 Å². The van der Waals surface area contributed by atoms with Crippen molar-refractivity contribution in [1.82, 2.24) is 0 Å². The normalized spacial score (nSPS) is 10.5. The van der Waals surface area contributed by atoms with Crippen LogP contribution in [0.15, 0.2) is 24.3 Å². The summed E-state index contributed by atoms with van der Waals surface area (Å²) in [7, 11) is 0. The van der Waals surface area contributed by atoms with Crippen molar-refractivity contribution >= 4 is 11.9 Å². The van der Waals surface area contributed by atoms with Crippen LogP contribution in [0.2, 0.25) is 0 Å². The van der Waals surface area contributed by atoms with Crippen LogP contribution < -0.4 is 0 Å². The van der Waals surface area contributed by atoms with E-state index in [0.29, 0.717) is 0 Å². The molecule has 0 aliphatic rings. The molecule has 1 rings (SSSR count). The highest BCUT2D eigenvalue weighted by atomic mass is 16.4. The largest absolute Gasteiger partial charge is 0.481 e. The van der Waals surface area contributed by atoms with Crippen LogP contribution >= 0.6 is 0 Å². The molecule has 0 heterocycles. The Hall–Kier alpha value is -1.84. The summed E-state index contributed by atoms with van der Waals surface area (Å²) in [5.41, 5.74) is 1.85. The van der Waals surface area contributed by atoms with Crippen molar-refractivity contribution in [1.29, 1.82) is 0 Å². The van der Waals surface area contributed by atoms with Gasteiger partial charge in [0.1, 0.15) is 0 Å². The van der Waals surface area contributed by atoms with Gasteiger partial charge in [-0.2, -0.15) is 0 Å². The number of rotatable bonds is 6. The molecule has 1 aromatic carbocycles. The maximum absolute atomic E-state index is 10.8. The van der Waals surface area contributed by atoms with Crippen LogP contribution in [-0.2, 0) is 16.0 Å². The number of carbonyl (C=O) groups is 2. The Balaban J connectivity index is 3.02. The summed E-state index contributed by atoms with van der Waals surface area (Å²) in [6.45, 7) is 1.97. The van der Waals surface area contributed by atoms with E-state index >= 15 is 0 Å². The lowest BCUT2D eigenvalue weighted by Gasteiger charge is -2.16. The van der Waals surface area contributed by atoms with E-state index < -0.39 is 17.9 Å². The fourth-order valence-corrected chi connectivity index (χ4v) is 1.97. The molecule has 4 heteroatoms. The minimum absolute atomic E-state index is 0.149. The Morgan fingerprint density at radius 3 is 2.12 bits per heavy atom. The monoisotopic (exact) mass is 236 g/mol. The summed E-state index contributed by atoms with van der Waals surface area (Å²) in [4.78, 5) is 21.5. The Kier molecular flexibility index (Phi) is 4.69. The third-order valence-corrected chi connectivity index (χ3v) is 2.72. The molecule has 0 atom stereocenters. The van der Waals surface area contributed by atoms with Crippen molar-refractivity contribution < 1.29 is 19.8 Å². The molecule has 0 aromatic heterocycles. The third-order valence-electron chi connectivity index (χ3n) is 2.72. The molecule has 0 radical (unpaired) electrons. The molecule has 0 fully saturated rings. The number of carboxylic acid groups (broad SMARTS) is 2. The lowest BCUT2D eigenvalue weighted by Crippen LogP contribution is -2.12. The Labute approximate surface area is 99.9 Å². The number of hydrogen-bond acceptors (Lipinski definition) is 2. The van der Waals surface area contributed by atoms with E-state index in [9.17, 15) is 9.59 Å². The highest BCUT2D eigenvalue weighted by molar-refractivity contribution is 5.72. The molecule has 0 bridgehead atoms. The first-order chi connectivity index (χ1) is 8.04. The molecule has 0 saturated carbocycles.